The number of hydrogen-bond acceptors (Lipinski definition) is 4. The van der Waals surface area contributed by atoms with Gasteiger partial charge in [0.15, 0.2) is 0 Å². The van der Waals surface area contributed by atoms with E-state index in [0.29, 0.717) is 21.5 Å². The van der Waals surface area contributed by atoms with Crippen LogP contribution in [0.5, 0.6) is 0 Å². The van der Waals surface area contributed by atoms with E-state index < -0.39 is 0 Å². The first-order valence-corrected chi connectivity index (χ1v) is 7.82. The fourth-order valence-corrected chi connectivity index (χ4v) is 3.45. The van der Waals surface area contributed by atoms with E-state index >= 15 is 0 Å². The smallest absolute Gasteiger partial charge is 0.266 e. The average molecular weight is 315 g/mol. The topological polar surface area (TPSA) is 33.5 Å². The second-order valence-corrected chi connectivity index (χ2v) is 6.17. The van der Waals surface area contributed by atoms with Gasteiger partial charge in [-0.15, -0.1) is 0 Å². The molecule has 1 aliphatic rings. The number of hydrogen-bond donors (Lipinski definition) is 0. The van der Waals surface area contributed by atoms with Gasteiger partial charge < -0.3 is 4.42 Å². The molecule has 0 spiro atoms. The van der Waals surface area contributed by atoms with Crippen molar-refractivity contribution >= 4 is 40.3 Å². The molecule has 0 bridgehead atoms. The standard InChI is InChI=1S/C16H13NO2S2/c1-2-17-15(18)14(21-16(17)20)10-12-8-9-13(19-12)11-6-4-3-5-7-11/h3-10H,2H2,1H3/b14-10-. The number of rotatable bonds is 3. The number of thioether (sulfide) groups is 1. The molecule has 0 aliphatic carbocycles. The summed E-state index contributed by atoms with van der Waals surface area (Å²) in [6, 6.07) is 13.6. The van der Waals surface area contributed by atoms with E-state index in [9.17, 15) is 4.79 Å². The summed E-state index contributed by atoms with van der Waals surface area (Å²) in [5.41, 5.74) is 1.01. The maximum atomic E-state index is 12.1. The second kappa shape index (κ2) is 5.87. The molecule has 106 valence electrons. The highest BCUT2D eigenvalue weighted by atomic mass is 32.2. The fraction of sp³-hybridized carbons (Fsp3) is 0.125. The highest BCUT2D eigenvalue weighted by Crippen LogP contribution is 2.33. The molecular formula is C16H13NO2S2. The number of furan rings is 1. The number of nitrogens with zero attached hydrogens (tertiary/aromatic N) is 1. The minimum Gasteiger partial charge on any atom is -0.457 e. The summed E-state index contributed by atoms with van der Waals surface area (Å²) >= 11 is 6.50. The van der Waals surface area contributed by atoms with Crippen LogP contribution < -0.4 is 0 Å². The Bertz CT molecular complexity index is 719. The van der Waals surface area contributed by atoms with Crippen LogP contribution in [0.4, 0.5) is 0 Å². The molecule has 1 aromatic heterocycles. The lowest BCUT2D eigenvalue weighted by atomic mass is 10.2. The van der Waals surface area contributed by atoms with Crippen LogP contribution in [0, 0.1) is 0 Å². The van der Waals surface area contributed by atoms with Crippen LogP contribution in [0.1, 0.15) is 12.7 Å². The molecule has 5 heteroatoms. The third kappa shape index (κ3) is 2.80. The summed E-state index contributed by atoms with van der Waals surface area (Å²) in [5.74, 6) is 1.39. The number of carbonyl (C=O) groups is 1. The van der Waals surface area contributed by atoms with Crippen LogP contribution >= 0.6 is 24.0 Å². The summed E-state index contributed by atoms with van der Waals surface area (Å²) < 4.78 is 6.38. The molecule has 1 aliphatic heterocycles. The summed E-state index contributed by atoms with van der Waals surface area (Å²) in [6.45, 7) is 2.50. The van der Waals surface area contributed by atoms with Gasteiger partial charge in [0.2, 0.25) is 0 Å². The zero-order valence-corrected chi connectivity index (χ0v) is 13.0. The molecule has 1 saturated heterocycles. The van der Waals surface area contributed by atoms with Crippen LogP contribution in [-0.2, 0) is 4.79 Å². The first-order valence-electron chi connectivity index (χ1n) is 6.59. The normalized spacial score (nSPS) is 17.0. The lowest BCUT2D eigenvalue weighted by molar-refractivity contribution is -0.121. The SMILES string of the molecule is CCN1C(=O)/C(=C/c2ccc(-c3ccccc3)o2)SC1=S. The van der Waals surface area contributed by atoms with E-state index in [1.807, 2.05) is 49.4 Å². The number of amides is 1. The number of benzene rings is 1. The van der Waals surface area contributed by atoms with Crippen LogP contribution in [0.2, 0.25) is 0 Å². The molecule has 2 heterocycles. The van der Waals surface area contributed by atoms with Crippen LogP contribution in [0.15, 0.2) is 51.8 Å². The van der Waals surface area contributed by atoms with Crippen molar-refractivity contribution in [3.05, 3.63) is 53.1 Å². The quantitative estimate of drug-likeness (QED) is 0.629. The van der Waals surface area contributed by atoms with Crippen LogP contribution in [-0.4, -0.2) is 21.7 Å². The molecule has 2 aromatic rings. The van der Waals surface area contributed by atoms with Crippen molar-refractivity contribution in [3.8, 4) is 11.3 Å². The lowest BCUT2D eigenvalue weighted by Gasteiger charge is -2.09. The molecule has 1 amide bonds. The van der Waals surface area contributed by atoms with E-state index in [4.69, 9.17) is 16.6 Å². The van der Waals surface area contributed by atoms with E-state index in [0.717, 1.165) is 11.3 Å². The van der Waals surface area contributed by atoms with Gasteiger partial charge in [-0.1, -0.05) is 54.3 Å². The zero-order valence-electron chi connectivity index (χ0n) is 11.4. The Kier molecular flexibility index (Phi) is 3.94. The van der Waals surface area contributed by atoms with Crippen LogP contribution in [0.3, 0.4) is 0 Å². The van der Waals surface area contributed by atoms with Gasteiger partial charge in [0, 0.05) is 18.2 Å². The van der Waals surface area contributed by atoms with E-state index in [-0.39, 0.29) is 5.91 Å². The predicted molar refractivity (Wildman–Crippen MR) is 89.7 cm³/mol. The van der Waals surface area contributed by atoms with Crippen molar-refractivity contribution in [2.75, 3.05) is 6.54 Å². The third-order valence-corrected chi connectivity index (χ3v) is 4.53. The molecule has 0 saturated carbocycles. The highest BCUT2D eigenvalue weighted by molar-refractivity contribution is 8.26. The van der Waals surface area contributed by atoms with Crippen molar-refractivity contribution in [3.63, 3.8) is 0 Å². The van der Waals surface area contributed by atoms with Crippen molar-refractivity contribution in [2.24, 2.45) is 0 Å². The van der Waals surface area contributed by atoms with Gasteiger partial charge in [-0.3, -0.25) is 9.69 Å². The van der Waals surface area contributed by atoms with Gasteiger partial charge in [-0.05, 0) is 19.1 Å². The summed E-state index contributed by atoms with van der Waals surface area (Å²) in [4.78, 5) is 14.3. The first kappa shape index (κ1) is 14.1. The average Bonchev–Trinajstić information content (AvgIpc) is 3.06. The number of carbonyl (C=O) groups excluding carboxylic acids is 1. The minimum absolute atomic E-state index is 0.0508. The third-order valence-electron chi connectivity index (χ3n) is 3.15. The Hall–Kier alpha value is -1.85. The van der Waals surface area contributed by atoms with Gasteiger partial charge in [0.05, 0.1) is 4.91 Å². The monoisotopic (exact) mass is 315 g/mol. The van der Waals surface area contributed by atoms with Gasteiger partial charge in [-0.25, -0.2) is 0 Å². The first-order chi connectivity index (χ1) is 10.2. The lowest BCUT2D eigenvalue weighted by Crippen LogP contribution is -2.27. The van der Waals surface area contributed by atoms with Crippen LogP contribution in [0.25, 0.3) is 17.4 Å². The number of thiocarbonyl (C=S) groups is 1. The molecule has 1 aromatic carbocycles. The second-order valence-electron chi connectivity index (χ2n) is 4.49. The maximum Gasteiger partial charge on any atom is 0.266 e. The summed E-state index contributed by atoms with van der Waals surface area (Å²) in [7, 11) is 0. The van der Waals surface area contributed by atoms with E-state index in [1.54, 1.807) is 11.0 Å². The minimum atomic E-state index is -0.0508. The largest absolute Gasteiger partial charge is 0.457 e. The molecule has 0 radical (unpaired) electrons. The molecule has 0 N–H and O–H groups in total. The van der Waals surface area contributed by atoms with E-state index in [2.05, 4.69) is 0 Å². The predicted octanol–water partition coefficient (Wildman–Crippen LogP) is 4.17. The fourth-order valence-electron chi connectivity index (χ4n) is 2.09. The Balaban J connectivity index is 1.87. The molecule has 1 fully saturated rings. The molecule has 3 nitrogen and oxygen atoms in total. The van der Waals surface area contributed by atoms with Crippen molar-refractivity contribution in [2.45, 2.75) is 6.92 Å². The van der Waals surface area contributed by atoms with Gasteiger partial charge in [-0.2, -0.15) is 0 Å². The molecular weight excluding hydrogens is 302 g/mol. The molecule has 0 atom stereocenters. The van der Waals surface area contributed by atoms with Crippen molar-refractivity contribution in [1.82, 2.24) is 4.90 Å². The molecule has 0 unspecified atom stereocenters. The maximum absolute atomic E-state index is 12.1. The Morgan fingerprint density at radius 1 is 1.24 bits per heavy atom. The van der Waals surface area contributed by atoms with Gasteiger partial charge >= 0.3 is 0 Å². The summed E-state index contributed by atoms with van der Waals surface area (Å²) in [6.07, 6.45) is 1.75. The molecule has 3 rings (SSSR count). The molecule has 21 heavy (non-hydrogen) atoms. The Labute approximate surface area is 132 Å². The zero-order chi connectivity index (χ0) is 14.8. The van der Waals surface area contributed by atoms with Crippen molar-refractivity contribution < 1.29 is 9.21 Å². The van der Waals surface area contributed by atoms with Gasteiger partial charge in [0.1, 0.15) is 15.8 Å². The summed E-state index contributed by atoms with van der Waals surface area (Å²) in [5, 5.41) is 0. The van der Waals surface area contributed by atoms with Crippen molar-refractivity contribution in [1.29, 1.82) is 0 Å². The van der Waals surface area contributed by atoms with E-state index in [1.165, 1.54) is 11.8 Å². The highest BCUT2D eigenvalue weighted by Gasteiger charge is 2.30. The Morgan fingerprint density at radius 3 is 2.67 bits per heavy atom. The van der Waals surface area contributed by atoms with Gasteiger partial charge in [0.25, 0.3) is 5.91 Å². The number of likely N-dealkylation sites (N-methyl/N-ethyl adjacent to an activating group) is 1. The Morgan fingerprint density at radius 2 is 2.00 bits per heavy atom.